The highest BCUT2D eigenvalue weighted by Gasteiger charge is 2.27. The maximum atomic E-state index is 12.1. The van der Waals surface area contributed by atoms with Crippen LogP contribution in [-0.2, 0) is 11.3 Å². The van der Waals surface area contributed by atoms with Crippen LogP contribution in [0.15, 0.2) is 35.3 Å². The van der Waals surface area contributed by atoms with Crippen molar-refractivity contribution in [3.8, 4) is 0 Å². The third-order valence-electron chi connectivity index (χ3n) is 4.63. The van der Waals surface area contributed by atoms with Gasteiger partial charge in [0.2, 0.25) is 11.3 Å². The van der Waals surface area contributed by atoms with Gasteiger partial charge in [0, 0.05) is 18.4 Å². The normalized spacial score (nSPS) is 15.0. The molecule has 0 fully saturated rings. The summed E-state index contributed by atoms with van der Waals surface area (Å²) in [6, 6.07) is 7.20. The summed E-state index contributed by atoms with van der Waals surface area (Å²) >= 11 is 0. The Bertz CT molecular complexity index is 767. The molecule has 0 aliphatic heterocycles. The number of hydrogen-bond donors (Lipinski definition) is 2. The first-order valence-corrected chi connectivity index (χ1v) is 8.29. The van der Waals surface area contributed by atoms with Gasteiger partial charge in [-0.25, -0.2) is 0 Å². The molecule has 2 N–H and O–H groups in total. The van der Waals surface area contributed by atoms with Crippen LogP contribution in [0, 0.1) is 5.92 Å². The molecule has 0 bridgehead atoms. The molecule has 0 saturated heterocycles. The molecule has 0 spiro atoms. The van der Waals surface area contributed by atoms with Gasteiger partial charge in [-0.2, -0.15) is 5.10 Å². The highest BCUT2D eigenvalue weighted by atomic mass is 16.3. The van der Waals surface area contributed by atoms with Gasteiger partial charge in [-0.1, -0.05) is 32.4 Å². The van der Waals surface area contributed by atoms with Gasteiger partial charge in [-0.15, -0.1) is 0 Å². The molecule has 24 heavy (non-hydrogen) atoms. The minimum atomic E-state index is -0.924. The molecular weight excluding hydrogens is 306 g/mol. The number of hydrogen-bond acceptors (Lipinski definition) is 4. The number of nitrogens with one attached hydrogen (secondary N) is 1. The van der Waals surface area contributed by atoms with E-state index >= 15 is 0 Å². The second-order valence-corrected chi connectivity index (χ2v) is 6.44. The molecule has 2 atom stereocenters. The van der Waals surface area contributed by atoms with E-state index < -0.39 is 5.60 Å². The number of fused-ring (bicyclic) bond motifs is 1. The third kappa shape index (κ3) is 4.20. The molecule has 1 aromatic carbocycles. The van der Waals surface area contributed by atoms with Crippen molar-refractivity contribution < 1.29 is 9.90 Å². The summed E-state index contributed by atoms with van der Waals surface area (Å²) in [5, 5.41) is 17.8. The van der Waals surface area contributed by atoms with E-state index in [9.17, 15) is 14.7 Å². The van der Waals surface area contributed by atoms with Gasteiger partial charge in [0.1, 0.15) is 0 Å². The summed E-state index contributed by atoms with van der Waals surface area (Å²) in [5.74, 6) is -0.0504. The van der Waals surface area contributed by atoms with E-state index in [0.29, 0.717) is 17.4 Å². The van der Waals surface area contributed by atoms with Crippen molar-refractivity contribution in [2.24, 2.45) is 5.92 Å². The highest BCUT2D eigenvalue weighted by molar-refractivity contribution is 5.79. The van der Waals surface area contributed by atoms with Crippen LogP contribution in [0.4, 0.5) is 0 Å². The van der Waals surface area contributed by atoms with Gasteiger partial charge in [0.15, 0.2) is 0 Å². The van der Waals surface area contributed by atoms with Crippen molar-refractivity contribution in [1.82, 2.24) is 15.1 Å². The van der Waals surface area contributed by atoms with E-state index in [2.05, 4.69) is 10.4 Å². The molecule has 6 nitrogen and oxygen atoms in total. The van der Waals surface area contributed by atoms with E-state index in [1.807, 2.05) is 26.0 Å². The number of amides is 1. The molecule has 1 heterocycles. The topological polar surface area (TPSA) is 84.2 Å². The number of carbonyl (C=O) groups excluding carboxylic acids is 1. The first-order valence-electron chi connectivity index (χ1n) is 8.29. The minimum absolute atomic E-state index is 0.0994. The number of carbonyl (C=O) groups is 1. The average molecular weight is 331 g/mol. The summed E-state index contributed by atoms with van der Waals surface area (Å²) in [5.41, 5.74) is -0.340. The van der Waals surface area contributed by atoms with Crippen molar-refractivity contribution >= 4 is 16.8 Å². The molecule has 1 amide bonds. The Morgan fingerprint density at radius 3 is 2.83 bits per heavy atom. The Balaban J connectivity index is 1.98. The SMILES string of the molecule is CCC(C)C(C)(O)CNC(=O)CCn1ncc(=O)c2ccccc21. The van der Waals surface area contributed by atoms with Crippen molar-refractivity contribution in [1.29, 1.82) is 0 Å². The fraction of sp³-hybridized carbons (Fsp3) is 0.500. The Morgan fingerprint density at radius 2 is 2.12 bits per heavy atom. The smallest absolute Gasteiger partial charge is 0.221 e. The van der Waals surface area contributed by atoms with Crippen molar-refractivity contribution in [3.63, 3.8) is 0 Å². The van der Waals surface area contributed by atoms with E-state index in [1.165, 1.54) is 6.20 Å². The molecule has 0 aliphatic carbocycles. The zero-order chi connectivity index (χ0) is 17.7. The molecular formula is C18H25N3O3. The number of rotatable bonds is 7. The lowest BCUT2D eigenvalue weighted by Gasteiger charge is -2.29. The molecule has 1 aromatic heterocycles. The molecule has 0 radical (unpaired) electrons. The predicted octanol–water partition coefficient (Wildman–Crippen LogP) is 1.70. The lowest BCUT2D eigenvalue weighted by Crippen LogP contribution is -2.45. The summed E-state index contributed by atoms with van der Waals surface area (Å²) < 4.78 is 1.66. The molecule has 0 aliphatic rings. The first-order chi connectivity index (χ1) is 11.3. The molecule has 2 rings (SSSR count). The zero-order valence-corrected chi connectivity index (χ0v) is 14.5. The van der Waals surface area contributed by atoms with E-state index in [-0.39, 0.29) is 30.2 Å². The van der Waals surface area contributed by atoms with E-state index in [4.69, 9.17) is 0 Å². The third-order valence-corrected chi connectivity index (χ3v) is 4.63. The van der Waals surface area contributed by atoms with Crippen LogP contribution in [0.25, 0.3) is 10.9 Å². The molecule has 0 saturated carbocycles. The maximum Gasteiger partial charge on any atom is 0.221 e. The number of benzene rings is 1. The maximum absolute atomic E-state index is 12.1. The number of para-hydroxylation sites is 1. The second kappa shape index (κ2) is 7.57. The van der Waals surface area contributed by atoms with Gasteiger partial charge in [-0.3, -0.25) is 14.3 Å². The minimum Gasteiger partial charge on any atom is -0.388 e. The van der Waals surface area contributed by atoms with Crippen LogP contribution in [0.1, 0.15) is 33.6 Å². The van der Waals surface area contributed by atoms with Crippen molar-refractivity contribution in [2.45, 2.75) is 45.8 Å². The quantitative estimate of drug-likeness (QED) is 0.809. The monoisotopic (exact) mass is 331 g/mol. The van der Waals surface area contributed by atoms with Crippen LogP contribution < -0.4 is 10.7 Å². The summed E-state index contributed by atoms with van der Waals surface area (Å²) in [4.78, 5) is 23.8. The first kappa shape index (κ1) is 18.1. The average Bonchev–Trinajstić information content (AvgIpc) is 2.59. The van der Waals surface area contributed by atoms with Gasteiger partial charge in [-0.05, 0) is 25.0 Å². The second-order valence-electron chi connectivity index (χ2n) is 6.44. The Morgan fingerprint density at radius 1 is 1.42 bits per heavy atom. The summed E-state index contributed by atoms with van der Waals surface area (Å²) in [7, 11) is 0. The fourth-order valence-electron chi connectivity index (χ4n) is 2.53. The highest BCUT2D eigenvalue weighted by Crippen LogP contribution is 2.18. The van der Waals surface area contributed by atoms with Crippen molar-refractivity contribution in [3.05, 3.63) is 40.7 Å². The van der Waals surface area contributed by atoms with Gasteiger partial charge < -0.3 is 10.4 Å². The summed E-state index contributed by atoms with van der Waals surface area (Å²) in [6.07, 6.45) is 2.35. The van der Waals surface area contributed by atoms with Crippen LogP contribution in [0.3, 0.4) is 0 Å². The lowest BCUT2D eigenvalue weighted by atomic mass is 9.88. The van der Waals surface area contributed by atoms with E-state index in [0.717, 1.165) is 6.42 Å². The Kier molecular flexibility index (Phi) is 5.72. The Hall–Kier alpha value is -2.21. The van der Waals surface area contributed by atoms with Crippen molar-refractivity contribution in [2.75, 3.05) is 6.54 Å². The van der Waals surface area contributed by atoms with Crippen LogP contribution in [0.5, 0.6) is 0 Å². The van der Waals surface area contributed by atoms with Crippen LogP contribution in [-0.4, -0.2) is 32.9 Å². The Labute approximate surface area is 141 Å². The largest absolute Gasteiger partial charge is 0.388 e. The van der Waals surface area contributed by atoms with Crippen LogP contribution >= 0.6 is 0 Å². The molecule has 130 valence electrons. The molecule has 2 unspecified atom stereocenters. The summed E-state index contributed by atoms with van der Waals surface area (Å²) in [6.45, 7) is 6.30. The number of aryl methyl sites for hydroxylation is 1. The van der Waals surface area contributed by atoms with E-state index in [1.54, 1.807) is 23.7 Å². The van der Waals surface area contributed by atoms with Gasteiger partial charge in [0.05, 0.1) is 23.9 Å². The number of aromatic nitrogens is 2. The number of aliphatic hydroxyl groups is 1. The van der Waals surface area contributed by atoms with Crippen LogP contribution in [0.2, 0.25) is 0 Å². The molecule has 2 aromatic rings. The lowest BCUT2D eigenvalue weighted by molar-refractivity contribution is -0.123. The molecule has 6 heteroatoms. The zero-order valence-electron chi connectivity index (χ0n) is 14.5. The number of nitrogens with zero attached hydrogens (tertiary/aromatic N) is 2. The predicted molar refractivity (Wildman–Crippen MR) is 93.7 cm³/mol. The van der Waals surface area contributed by atoms with Gasteiger partial charge >= 0.3 is 0 Å². The fourth-order valence-corrected chi connectivity index (χ4v) is 2.53. The van der Waals surface area contributed by atoms with Gasteiger partial charge in [0.25, 0.3) is 0 Å². The standard InChI is InChI=1S/C18H25N3O3/c1-4-13(2)18(3,24)12-19-17(23)9-10-21-15-8-6-5-7-14(15)16(22)11-20-21/h5-8,11,13,24H,4,9-10,12H2,1-3H3,(H,19,23).